The molecular formula is C11H17F3N4. The molecule has 102 valence electrons. The Hall–Kier alpha value is -1.53. The first-order chi connectivity index (χ1) is 8.39. The molecule has 0 aliphatic rings. The second kappa shape index (κ2) is 5.88. The van der Waals surface area contributed by atoms with Crippen LogP contribution in [-0.2, 0) is 0 Å². The van der Waals surface area contributed by atoms with Crippen LogP contribution in [0, 0.1) is 6.92 Å². The lowest BCUT2D eigenvalue weighted by Crippen LogP contribution is -2.35. The second-order valence-electron chi connectivity index (χ2n) is 3.83. The summed E-state index contributed by atoms with van der Waals surface area (Å²) in [6.45, 7) is 5.17. The van der Waals surface area contributed by atoms with Crippen molar-refractivity contribution in [2.24, 2.45) is 0 Å². The Kier molecular flexibility index (Phi) is 4.75. The fraction of sp³-hybridized carbons (Fsp3) is 0.636. The van der Waals surface area contributed by atoms with Gasteiger partial charge < -0.3 is 10.2 Å². The fourth-order valence-corrected chi connectivity index (χ4v) is 1.66. The molecule has 4 nitrogen and oxygen atoms in total. The molecule has 1 aromatic rings. The molecular weight excluding hydrogens is 245 g/mol. The Labute approximate surface area is 104 Å². The Bertz CT molecular complexity index is 392. The minimum Gasteiger partial charge on any atom is -0.370 e. The van der Waals surface area contributed by atoms with Crippen molar-refractivity contribution in [3.8, 4) is 0 Å². The average molecular weight is 262 g/mol. The van der Waals surface area contributed by atoms with Crippen LogP contribution in [0.2, 0.25) is 0 Å². The van der Waals surface area contributed by atoms with E-state index in [0.29, 0.717) is 23.7 Å². The van der Waals surface area contributed by atoms with Gasteiger partial charge in [-0.15, -0.1) is 0 Å². The molecule has 0 saturated heterocycles. The lowest BCUT2D eigenvalue weighted by Gasteiger charge is -2.25. The van der Waals surface area contributed by atoms with Crippen LogP contribution in [0.5, 0.6) is 0 Å². The zero-order chi connectivity index (χ0) is 13.8. The van der Waals surface area contributed by atoms with Gasteiger partial charge in [-0.25, -0.2) is 9.97 Å². The SMILES string of the molecule is CCNc1ncnc(N(CC)CC(F)(F)F)c1C. The minimum atomic E-state index is -4.24. The summed E-state index contributed by atoms with van der Waals surface area (Å²) in [5, 5.41) is 3.00. The van der Waals surface area contributed by atoms with Gasteiger partial charge in [-0.2, -0.15) is 13.2 Å². The standard InChI is InChI=1S/C11H17F3N4/c1-4-15-9-8(3)10(17-7-16-9)18(5-2)6-11(12,13)14/h7H,4-6H2,1-3H3,(H,15,16,17). The van der Waals surface area contributed by atoms with Crippen LogP contribution >= 0.6 is 0 Å². The molecule has 0 aliphatic carbocycles. The third-order valence-corrected chi connectivity index (χ3v) is 2.45. The molecule has 18 heavy (non-hydrogen) atoms. The summed E-state index contributed by atoms with van der Waals surface area (Å²) in [6, 6.07) is 0. The van der Waals surface area contributed by atoms with Gasteiger partial charge in [0.2, 0.25) is 0 Å². The zero-order valence-electron chi connectivity index (χ0n) is 10.7. The first-order valence-electron chi connectivity index (χ1n) is 5.76. The number of nitrogens with one attached hydrogen (secondary N) is 1. The first-order valence-corrected chi connectivity index (χ1v) is 5.76. The predicted molar refractivity (Wildman–Crippen MR) is 64.9 cm³/mol. The number of anilines is 2. The van der Waals surface area contributed by atoms with E-state index in [0.717, 1.165) is 0 Å². The number of hydrogen-bond acceptors (Lipinski definition) is 4. The van der Waals surface area contributed by atoms with Crippen LogP contribution in [0.3, 0.4) is 0 Å². The summed E-state index contributed by atoms with van der Waals surface area (Å²) in [5.41, 5.74) is 0.630. The monoisotopic (exact) mass is 262 g/mol. The number of hydrogen-bond donors (Lipinski definition) is 1. The molecule has 0 aromatic carbocycles. The van der Waals surface area contributed by atoms with E-state index < -0.39 is 12.7 Å². The zero-order valence-corrected chi connectivity index (χ0v) is 10.7. The van der Waals surface area contributed by atoms with Crippen molar-refractivity contribution in [2.75, 3.05) is 29.9 Å². The maximum Gasteiger partial charge on any atom is 0.405 e. The maximum atomic E-state index is 12.5. The summed E-state index contributed by atoms with van der Waals surface area (Å²) in [6.07, 6.45) is -2.97. The van der Waals surface area contributed by atoms with Gasteiger partial charge in [-0.3, -0.25) is 0 Å². The van der Waals surface area contributed by atoms with E-state index >= 15 is 0 Å². The molecule has 0 radical (unpaired) electrons. The molecule has 0 atom stereocenters. The van der Waals surface area contributed by atoms with Crippen molar-refractivity contribution in [3.63, 3.8) is 0 Å². The van der Waals surface area contributed by atoms with Gasteiger partial charge in [0.15, 0.2) is 0 Å². The van der Waals surface area contributed by atoms with Crippen molar-refractivity contribution in [1.29, 1.82) is 0 Å². The van der Waals surface area contributed by atoms with Crippen molar-refractivity contribution in [3.05, 3.63) is 11.9 Å². The number of rotatable bonds is 5. The van der Waals surface area contributed by atoms with E-state index in [1.807, 2.05) is 6.92 Å². The lowest BCUT2D eigenvalue weighted by molar-refractivity contribution is -0.119. The molecule has 0 saturated carbocycles. The molecule has 0 unspecified atom stereocenters. The molecule has 1 N–H and O–H groups in total. The van der Waals surface area contributed by atoms with Crippen molar-refractivity contribution in [2.45, 2.75) is 26.9 Å². The molecule has 1 aromatic heterocycles. The van der Waals surface area contributed by atoms with Crippen molar-refractivity contribution < 1.29 is 13.2 Å². The molecule has 1 heterocycles. The van der Waals surface area contributed by atoms with Crippen LogP contribution in [0.4, 0.5) is 24.8 Å². The predicted octanol–water partition coefficient (Wildman–Crippen LogP) is 2.61. The van der Waals surface area contributed by atoms with Gasteiger partial charge in [0.1, 0.15) is 24.5 Å². The summed E-state index contributed by atoms with van der Waals surface area (Å²) in [5.74, 6) is 0.892. The lowest BCUT2D eigenvalue weighted by atomic mass is 10.2. The highest BCUT2D eigenvalue weighted by atomic mass is 19.4. The Morgan fingerprint density at radius 2 is 1.94 bits per heavy atom. The Balaban J connectivity index is 3.02. The minimum absolute atomic E-state index is 0.239. The van der Waals surface area contributed by atoms with Gasteiger partial charge in [0, 0.05) is 18.7 Å². The van der Waals surface area contributed by atoms with Gasteiger partial charge in [-0.05, 0) is 20.8 Å². The molecule has 1 rings (SSSR count). The first kappa shape index (κ1) is 14.5. The van der Waals surface area contributed by atoms with E-state index in [2.05, 4.69) is 15.3 Å². The summed E-state index contributed by atoms with van der Waals surface area (Å²) in [7, 11) is 0. The van der Waals surface area contributed by atoms with Gasteiger partial charge in [0.25, 0.3) is 0 Å². The van der Waals surface area contributed by atoms with E-state index in [4.69, 9.17) is 0 Å². The number of halogens is 3. The highest BCUT2D eigenvalue weighted by Gasteiger charge is 2.31. The molecule has 0 aliphatic heterocycles. The quantitative estimate of drug-likeness (QED) is 0.885. The second-order valence-corrected chi connectivity index (χ2v) is 3.83. The van der Waals surface area contributed by atoms with Crippen molar-refractivity contribution >= 4 is 11.6 Å². The summed E-state index contributed by atoms with van der Waals surface area (Å²) < 4.78 is 37.4. The van der Waals surface area contributed by atoms with Crippen LogP contribution in [0.15, 0.2) is 6.33 Å². The van der Waals surface area contributed by atoms with Crippen LogP contribution < -0.4 is 10.2 Å². The largest absolute Gasteiger partial charge is 0.405 e. The third-order valence-electron chi connectivity index (χ3n) is 2.45. The summed E-state index contributed by atoms with van der Waals surface area (Å²) in [4.78, 5) is 9.16. The third kappa shape index (κ3) is 3.75. The normalized spacial score (nSPS) is 11.4. The van der Waals surface area contributed by atoms with E-state index in [-0.39, 0.29) is 6.54 Å². The molecule has 0 amide bonds. The van der Waals surface area contributed by atoms with Crippen LogP contribution in [-0.4, -0.2) is 35.8 Å². The number of alkyl halides is 3. The van der Waals surface area contributed by atoms with Crippen molar-refractivity contribution in [1.82, 2.24) is 9.97 Å². The highest BCUT2D eigenvalue weighted by molar-refractivity contribution is 5.57. The van der Waals surface area contributed by atoms with Gasteiger partial charge in [-0.1, -0.05) is 0 Å². The van der Waals surface area contributed by atoms with Gasteiger partial charge in [0.05, 0.1) is 0 Å². The molecule has 0 spiro atoms. The number of nitrogens with zero attached hydrogens (tertiary/aromatic N) is 3. The van der Waals surface area contributed by atoms with Gasteiger partial charge >= 0.3 is 6.18 Å². The van der Waals surface area contributed by atoms with E-state index in [1.165, 1.54) is 11.2 Å². The molecule has 0 bridgehead atoms. The average Bonchev–Trinajstić information content (AvgIpc) is 2.28. The Morgan fingerprint density at radius 3 is 2.44 bits per heavy atom. The van der Waals surface area contributed by atoms with E-state index in [9.17, 15) is 13.2 Å². The summed E-state index contributed by atoms with van der Waals surface area (Å²) >= 11 is 0. The topological polar surface area (TPSA) is 41.1 Å². The fourth-order valence-electron chi connectivity index (χ4n) is 1.66. The highest BCUT2D eigenvalue weighted by Crippen LogP contribution is 2.25. The Morgan fingerprint density at radius 1 is 1.28 bits per heavy atom. The molecule has 0 fully saturated rings. The van der Waals surface area contributed by atoms with Crippen LogP contribution in [0.1, 0.15) is 19.4 Å². The number of aromatic nitrogens is 2. The van der Waals surface area contributed by atoms with Crippen LogP contribution in [0.25, 0.3) is 0 Å². The maximum absolute atomic E-state index is 12.5. The molecule has 7 heteroatoms. The van der Waals surface area contributed by atoms with E-state index in [1.54, 1.807) is 13.8 Å². The smallest absolute Gasteiger partial charge is 0.370 e.